The SMILES string of the molecule is N#CC1(c2ccc3cnn(-c4cn(-c5ccccc5)cn4)c3c2)CC12CC2. The van der Waals surface area contributed by atoms with Crippen LogP contribution in [0.15, 0.2) is 67.3 Å². The van der Waals surface area contributed by atoms with Crippen LogP contribution in [-0.2, 0) is 5.41 Å². The van der Waals surface area contributed by atoms with Crippen LogP contribution in [0.25, 0.3) is 22.4 Å². The number of para-hydroxylation sites is 1. The van der Waals surface area contributed by atoms with E-state index in [9.17, 15) is 5.26 Å². The third-order valence-corrected chi connectivity index (χ3v) is 6.33. The number of rotatable bonds is 3. The second-order valence-corrected chi connectivity index (χ2v) is 7.78. The predicted octanol–water partition coefficient (Wildman–Crippen LogP) is 4.16. The fraction of sp³-hybridized carbons (Fsp3) is 0.227. The lowest BCUT2D eigenvalue weighted by molar-refractivity contribution is 0.738. The normalized spacial score (nSPS) is 22.0. The highest BCUT2D eigenvalue weighted by Crippen LogP contribution is 2.78. The number of benzene rings is 2. The Morgan fingerprint density at radius 3 is 2.67 bits per heavy atom. The summed E-state index contributed by atoms with van der Waals surface area (Å²) in [7, 11) is 0. The number of imidazole rings is 1. The van der Waals surface area contributed by atoms with E-state index in [0.717, 1.165) is 34.4 Å². The zero-order chi connectivity index (χ0) is 18.1. The third kappa shape index (κ3) is 1.93. The highest BCUT2D eigenvalue weighted by molar-refractivity contribution is 5.81. The lowest BCUT2D eigenvalue weighted by Crippen LogP contribution is -2.07. The standard InChI is InChI=1S/C22H17N5/c23-14-22(13-21(22)8-9-21)17-7-6-16-11-25-27(19(16)10-17)20-12-26(15-24-20)18-4-2-1-3-5-18/h1-7,10-12,15H,8-9,13H2. The van der Waals surface area contributed by atoms with E-state index >= 15 is 0 Å². The highest BCUT2D eigenvalue weighted by Gasteiger charge is 2.75. The van der Waals surface area contributed by atoms with Gasteiger partial charge in [-0.2, -0.15) is 10.4 Å². The number of hydrogen-bond donors (Lipinski definition) is 0. The first-order valence-corrected chi connectivity index (χ1v) is 9.24. The Kier molecular flexibility index (Phi) is 2.65. The summed E-state index contributed by atoms with van der Waals surface area (Å²) in [5.74, 6) is 0.772. The van der Waals surface area contributed by atoms with Crippen LogP contribution < -0.4 is 0 Å². The molecule has 0 amide bonds. The molecule has 2 fully saturated rings. The van der Waals surface area contributed by atoms with Gasteiger partial charge in [0.2, 0.25) is 0 Å². The van der Waals surface area contributed by atoms with Gasteiger partial charge in [0.1, 0.15) is 6.33 Å². The molecule has 1 atom stereocenters. The first kappa shape index (κ1) is 14.7. The van der Waals surface area contributed by atoms with Gasteiger partial charge in [0, 0.05) is 11.1 Å². The minimum atomic E-state index is -0.292. The largest absolute Gasteiger partial charge is 0.304 e. The van der Waals surface area contributed by atoms with Crippen LogP contribution in [0, 0.1) is 16.7 Å². The van der Waals surface area contributed by atoms with Gasteiger partial charge in [-0.15, -0.1) is 0 Å². The Bertz CT molecular complexity index is 1220. The van der Waals surface area contributed by atoms with Gasteiger partial charge in [0.15, 0.2) is 5.82 Å². The molecule has 2 heterocycles. The first-order chi connectivity index (χ1) is 13.2. The summed E-state index contributed by atoms with van der Waals surface area (Å²) in [5, 5.41) is 15.4. The Hall–Kier alpha value is -3.39. The van der Waals surface area contributed by atoms with Crippen molar-refractivity contribution in [2.24, 2.45) is 5.41 Å². The van der Waals surface area contributed by atoms with Crippen LogP contribution in [-0.4, -0.2) is 19.3 Å². The molecule has 2 saturated carbocycles. The molecule has 2 aliphatic carbocycles. The molecule has 27 heavy (non-hydrogen) atoms. The fourth-order valence-electron chi connectivity index (χ4n) is 4.48. The van der Waals surface area contributed by atoms with Crippen molar-refractivity contribution in [3.63, 3.8) is 0 Å². The van der Waals surface area contributed by atoms with E-state index in [0.29, 0.717) is 0 Å². The molecule has 2 aromatic heterocycles. The number of nitriles is 1. The van der Waals surface area contributed by atoms with Crippen molar-refractivity contribution in [1.29, 1.82) is 5.26 Å². The average Bonchev–Trinajstić information content (AvgIpc) is 3.48. The minimum Gasteiger partial charge on any atom is -0.304 e. The van der Waals surface area contributed by atoms with Gasteiger partial charge in [0.05, 0.1) is 29.4 Å². The lowest BCUT2D eigenvalue weighted by Gasteiger charge is -2.09. The Balaban J connectivity index is 1.45. The lowest BCUT2D eigenvalue weighted by atomic mass is 9.93. The molecular weight excluding hydrogens is 334 g/mol. The van der Waals surface area contributed by atoms with Gasteiger partial charge in [-0.05, 0) is 48.4 Å². The predicted molar refractivity (Wildman–Crippen MR) is 102 cm³/mol. The second-order valence-electron chi connectivity index (χ2n) is 7.78. The van der Waals surface area contributed by atoms with Gasteiger partial charge in [-0.3, -0.25) is 0 Å². The third-order valence-electron chi connectivity index (χ3n) is 6.33. The van der Waals surface area contributed by atoms with Gasteiger partial charge in [-0.25, -0.2) is 9.67 Å². The topological polar surface area (TPSA) is 59.4 Å². The molecular formula is C22H17N5. The van der Waals surface area contributed by atoms with E-state index in [-0.39, 0.29) is 10.8 Å². The maximum atomic E-state index is 9.84. The van der Waals surface area contributed by atoms with Crippen molar-refractivity contribution >= 4 is 10.9 Å². The molecule has 2 aromatic carbocycles. The van der Waals surface area contributed by atoms with E-state index in [1.165, 1.54) is 12.8 Å². The summed E-state index contributed by atoms with van der Waals surface area (Å²) in [6.07, 6.45) is 9.00. The van der Waals surface area contributed by atoms with Gasteiger partial charge >= 0.3 is 0 Å². The average molecular weight is 351 g/mol. The Labute approximate surface area is 156 Å². The molecule has 0 N–H and O–H groups in total. The summed E-state index contributed by atoms with van der Waals surface area (Å²) >= 11 is 0. The van der Waals surface area contributed by atoms with Crippen molar-refractivity contribution in [3.05, 3.63) is 72.8 Å². The van der Waals surface area contributed by atoms with Crippen LogP contribution >= 0.6 is 0 Å². The first-order valence-electron chi connectivity index (χ1n) is 9.24. The van der Waals surface area contributed by atoms with Crippen LogP contribution in [0.4, 0.5) is 0 Å². The van der Waals surface area contributed by atoms with E-state index in [4.69, 9.17) is 0 Å². The molecule has 130 valence electrons. The van der Waals surface area contributed by atoms with Gasteiger partial charge < -0.3 is 4.57 Å². The molecule has 5 nitrogen and oxygen atoms in total. The maximum Gasteiger partial charge on any atom is 0.172 e. The Morgan fingerprint density at radius 2 is 1.93 bits per heavy atom. The molecule has 0 aliphatic heterocycles. The van der Waals surface area contributed by atoms with Crippen molar-refractivity contribution in [2.75, 3.05) is 0 Å². The second kappa shape index (κ2) is 4.86. The van der Waals surface area contributed by atoms with Gasteiger partial charge in [0.25, 0.3) is 0 Å². The number of hydrogen-bond acceptors (Lipinski definition) is 3. The molecule has 0 radical (unpaired) electrons. The highest BCUT2D eigenvalue weighted by atomic mass is 15.3. The minimum absolute atomic E-state index is 0.259. The summed E-state index contributed by atoms with van der Waals surface area (Å²) in [4.78, 5) is 4.55. The van der Waals surface area contributed by atoms with E-state index in [2.05, 4.69) is 34.4 Å². The summed E-state index contributed by atoms with van der Waals surface area (Å²) in [6, 6.07) is 19.0. The van der Waals surface area contributed by atoms with E-state index < -0.39 is 0 Å². The van der Waals surface area contributed by atoms with Crippen LogP contribution in [0.5, 0.6) is 0 Å². The molecule has 1 spiro atoms. The Morgan fingerprint density at radius 1 is 1.07 bits per heavy atom. The van der Waals surface area contributed by atoms with Crippen molar-refractivity contribution < 1.29 is 0 Å². The van der Waals surface area contributed by atoms with Gasteiger partial charge in [-0.1, -0.05) is 30.3 Å². The van der Waals surface area contributed by atoms with Crippen LogP contribution in [0.2, 0.25) is 0 Å². The zero-order valence-electron chi connectivity index (χ0n) is 14.7. The molecule has 2 aliphatic rings. The molecule has 0 bridgehead atoms. The summed E-state index contributed by atoms with van der Waals surface area (Å²) < 4.78 is 3.86. The molecule has 6 rings (SSSR count). The van der Waals surface area contributed by atoms with E-state index in [1.807, 2.05) is 52.0 Å². The van der Waals surface area contributed by atoms with E-state index in [1.54, 1.807) is 6.33 Å². The molecule has 5 heteroatoms. The monoisotopic (exact) mass is 351 g/mol. The maximum absolute atomic E-state index is 9.84. The summed E-state index contributed by atoms with van der Waals surface area (Å²) in [5.41, 5.74) is 3.15. The van der Waals surface area contributed by atoms with Crippen molar-refractivity contribution in [2.45, 2.75) is 24.7 Å². The zero-order valence-corrected chi connectivity index (χ0v) is 14.7. The number of nitrogens with zero attached hydrogens (tertiary/aromatic N) is 5. The number of fused-ring (bicyclic) bond motifs is 1. The fourth-order valence-corrected chi connectivity index (χ4v) is 4.48. The summed E-state index contributed by atoms with van der Waals surface area (Å²) in [6.45, 7) is 0. The molecule has 1 unspecified atom stereocenters. The smallest absolute Gasteiger partial charge is 0.172 e. The van der Waals surface area contributed by atoms with Crippen LogP contribution in [0.3, 0.4) is 0 Å². The number of aromatic nitrogens is 4. The van der Waals surface area contributed by atoms with Crippen LogP contribution in [0.1, 0.15) is 24.8 Å². The van der Waals surface area contributed by atoms with Crippen molar-refractivity contribution in [1.82, 2.24) is 19.3 Å². The van der Waals surface area contributed by atoms with Crippen molar-refractivity contribution in [3.8, 4) is 17.6 Å². The molecule has 0 saturated heterocycles. The quantitative estimate of drug-likeness (QED) is 0.557. The molecule has 4 aromatic rings.